The minimum atomic E-state index is -0.596. The molecule has 2 amide bonds. The topological polar surface area (TPSA) is 81.4 Å². The fourth-order valence-corrected chi connectivity index (χ4v) is 1.76. The lowest BCUT2D eigenvalue weighted by Gasteiger charge is -2.22. The van der Waals surface area contributed by atoms with E-state index in [0.29, 0.717) is 6.61 Å². The van der Waals surface area contributed by atoms with E-state index in [9.17, 15) is 9.59 Å². The molecule has 0 aromatic carbocycles. The fraction of sp³-hybridized carbons (Fsp3) is 0.818. The molecule has 1 rings (SSSR count). The summed E-state index contributed by atoms with van der Waals surface area (Å²) in [5, 5.41) is 2.67. The van der Waals surface area contributed by atoms with Crippen molar-refractivity contribution in [3.63, 3.8) is 0 Å². The van der Waals surface area contributed by atoms with E-state index in [2.05, 4.69) is 5.32 Å². The van der Waals surface area contributed by atoms with Gasteiger partial charge >= 0.3 is 0 Å². The summed E-state index contributed by atoms with van der Waals surface area (Å²) in [6, 6.07) is -0.596. The quantitative estimate of drug-likeness (QED) is 0.704. The third-order valence-electron chi connectivity index (χ3n) is 3.04. The first-order chi connectivity index (χ1) is 7.56. The van der Waals surface area contributed by atoms with Gasteiger partial charge in [-0.2, -0.15) is 0 Å². The molecular weight excluding hydrogens is 208 g/mol. The standard InChI is InChI=1S/C11H20N2O3/c1-3-7(2)9(10(12)14)13-11(15)8-5-4-6-16-8/h7-9H,3-6H2,1-2H3,(H2,12,14)(H,13,15)/t7-,8-,9-/m1/s1. The van der Waals surface area contributed by atoms with E-state index in [1.54, 1.807) is 0 Å². The van der Waals surface area contributed by atoms with Crippen LogP contribution in [0.25, 0.3) is 0 Å². The zero-order chi connectivity index (χ0) is 12.1. The summed E-state index contributed by atoms with van der Waals surface area (Å²) in [4.78, 5) is 23.0. The molecule has 0 unspecified atom stereocenters. The average molecular weight is 228 g/mol. The van der Waals surface area contributed by atoms with Gasteiger partial charge in [0.15, 0.2) is 0 Å². The lowest BCUT2D eigenvalue weighted by atomic mass is 9.98. The van der Waals surface area contributed by atoms with Crippen molar-refractivity contribution < 1.29 is 14.3 Å². The second-order valence-corrected chi connectivity index (χ2v) is 4.28. The molecule has 0 saturated carbocycles. The summed E-state index contributed by atoms with van der Waals surface area (Å²) in [5.41, 5.74) is 5.27. The van der Waals surface area contributed by atoms with Crippen LogP contribution in [0.1, 0.15) is 33.1 Å². The van der Waals surface area contributed by atoms with Crippen LogP contribution in [-0.4, -0.2) is 30.6 Å². The van der Waals surface area contributed by atoms with Crippen molar-refractivity contribution in [1.82, 2.24) is 5.32 Å². The van der Waals surface area contributed by atoms with E-state index >= 15 is 0 Å². The van der Waals surface area contributed by atoms with Gasteiger partial charge in [-0.15, -0.1) is 0 Å². The van der Waals surface area contributed by atoms with Crippen LogP contribution in [0.15, 0.2) is 0 Å². The minimum absolute atomic E-state index is 0.0443. The first kappa shape index (κ1) is 13.0. The smallest absolute Gasteiger partial charge is 0.249 e. The summed E-state index contributed by atoms with van der Waals surface area (Å²) >= 11 is 0. The second kappa shape index (κ2) is 5.84. The van der Waals surface area contributed by atoms with Gasteiger partial charge < -0.3 is 15.8 Å². The van der Waals surface area contributed by atoms with Gasteiger partial charge in [0.05, 0.1) is 0 Å². The Bertz CT molecular complexity index is 262. The maximum atomic E-state index is 11.7. The highest BCUT2D eigenvalue weighted by Gasteiger charge is 2.29. The summed E-state index contributed by atoms with van der Waals surface area (Å²) in [7, 11) is 0. The molecule has 1 heterocycles. The molecule has 16 heavy (non-hydrogen) atoms. The zero-order valence-corrected chi connectivity index (χ0v) is 9.86. The number of ether oxygens (including phenoxy) is 1. The highest BCUT2D eigenvalue weighted by molar-refractivity contribution is 5.88. The molecule has 3 atom stereocenters. The van der Waals surface area contributed by atoms with Gasteiger partial charge in [-0.3, -0.25) is 9.59 Å². The summed E-state index contributed by atoms with van der Waals surface area (Å²) in [6.45, 7) is 4.46. The lowest BCUT2D eigenvalue weighted by molar-refractivity contribution is -0.134. The van der Waals surface area contributed by atoms with Crippen molar-refractivity contribution in [2.45, 2.75) is 45.3 Å². The van der Waals surface area contributed by atoms with E-state index in [-0.39, 0.29) is 11.8 Å². The van der Waals surface area contributed by atoms with Gasteiger partial charge in [-0.25, -0.2) is 0 Å². The van der Waals surface area contributed by atoms with Gasteiger partial charge in [0.2, 0.25) is 11.8 Å². The van der Waals surface area contributed by atoms with Crippen LogP contribution in [0.3, 0.4) is 0 Å². The molecule has 5 heteroatoms. The van der Waals surface area contributed by atoms with Gasteiger partial charge in [0.25, 0.3) is 0 Å². The van der Waals surface area contributed by atoms with Crippen molar-refractivity contribution in [3.05, 3.63) is 0 Å². The van der Waals surface area contributed by atoms with Crippen molar-refractivity contribution in [3.8, 4) is 0 Å². The van der Waals surface area contributed by atoms with Gasteiger partial charge in [-0.1, -0.05) is 20.3 Å². The van der Waals surface area contributed by atoms with E-state index in [4.69, 9.17) is 10.5 Å². The van der Waals surface area contributed by atoms with Crippen LogP contribution in [0.4, 0.5) is 0 Å². The molecule has 0 aromatic rings. The Hall–Kier alpha value is -1.10. The van der Waals surface area contributed by atoms with E-state index in [1.165, 1.54) is 0 Å². The number of carbonyl (C=O) groups excluding carboxylic acids is 2. The zero-order valence-electron chi connectivity index (χ0n) is 9.86. The Labute approximate surface area is 95.7 Å². The Balaban J connectivity index is 2.53. The number of rotatable bonds is 5. The molecule has 92 valence electrons. The number of hydrogen-bond acceptors (Lipinski definition) is 3. The molecule has 0 aliphatic carbocycles. The Morgan fingerprint density at radius 1 is 1.56 bits per heavy atom. The fourth-order valence-electron chi connectivity index (χ4n) is 1.76. The summed E-state index contributed by atoms with van der Waals surface area (Å²) in [6.07, 6.45) is 1.99. The van der Waals surface area contributed by atoms with Gasteiger partial charge in [-0.05, 0) is 18.8 Å². The largest absolute Gasteiger partial charge is 0.368 e. The number of hydrogen-bond donors (Lipinski definition) is 2. The van der Waals surface area contributed by atoms with E-state index < -0.39 is 18.1 Å². The van der Waals surface area contributed by atoms with Crippen LogP contribution < -0.4 is 11.1 Å². The van der Waals surface area contributed by atoms with Crippen molar-refractivity contribution in [2.24, 2.45) is 11.7 Å². The SMILES string of the molecule is CC[C@@H](C)[C@@H](NC(=O)[C@H]1CCCO1)C(N)=O. The minimum Gasteiger partial charge on any atom is -0.368 e. The third kappa shape index (κ3) is 3.20. The summed E-state index contributed by atoms with van der Waals surface area (Å²) < 4.78 is 5.24. The Morgan fingerprint density at radius 3 is 2.69 bits per heavy atom. The van der Waals surface area contributed by atoms with E-state index in [1.807, 2.05) is 13.8 Å². The van der Waals surface area contributed by atoms with Crippen molar-refractivity contribution in [1.29, 1.82) is 0 Å². The number of nitrogens with one attached hydrogen (secondary N) is 1. The van der Waals surface area contributed by atoms with Crippen LogP contribution in [0.5, 0.6) is 0 Å². The molecule has 1 saturated heterocycles. The first-order valence-electron chi connectivity index (χ1n) is 5.77. The molecule has 1 fully saturated rings. The molecule has 5 nitrogen and oxygen atoms in total. The normalized spacial score (nSPS) is 23.8. The van der Waals surface area contributed by atoms with Gasteiger partial charge in [0.1, 0.15) is 12.1 Å². The lowest BCUT2D eigenvalue weighted by Crippen LogP contribution is -2.51. The van der Waals surface area contributed by atoms with Crippen molar-refractivity contribution in [2.75, 3.05) is 6.61 Å². The molecular formula is C11H20N2O3. The number of amides is 2. The third-order valence-corrected chi connectivity index (χ3v) is 3.04. The molecule has 0 bridgehead atoms. The number of primary amides is 1. The Kier molecular flexibility index (Phi) is 4.73. The highest BCUT2D eigenvalue weighted by atomic mass is 16.5. The Morgan fingerprint density at radius 2 is 2.25 bits per heavy atom. The first-order valence-corrected chi connectivity index (χ1v) is 5.77. The average Bonchev–Trinajstić information content (AvgIpc) is 2.77. The van der Waals surface area contributed by atoms with Crippen LogP contribution in [-0.2, 0) is 14.3 Å². The molecule has 1 aliphatic heterocycles. The van der Waals surface area contributed by atoms with Crippen LogP contribution in [0, 0.1) is 5.92 Å². The molecule has 0 radical (unpaired) electrons. The monoisotopic (exact) mass is 228 g/mol. The van der Waals surface area contributed by atoms with Crippen LogP contribution in [0.2, 0.25) is 0 Å². The predicted octanol–water partition coefficient (Wildman–Crippen LogP) is 0.182. The molecule has 3 N–H and O–H groups in total. The number of nitrogens with two attached hydrogens (primary N) is 1. The molecule has 0 spiro atoms. The predicted molar refractivity (Wildman–Crippen MR) is 59.6 cm³/mol. The molecule has 0 aromatic heterocycles. The molecule has 1 aliphatic rings. The highest BCUT2D eigenvalue weighted by Crippen LogP contribution is 2.13. The van der Waals surface area contributed by atoms with Gasteiger partial charge in [0, 0.05) is 6.61 Å². The van der Waals surface area contributed by atoms with E-state index in [0.717, 1.165) is 19.3 Å². The van der Waals surface area contributed by atoms with Crippen molar-refractivity contribution >= 4 is 11.8 Å². The second-order valence-electron chi connectivity index (χ2n) is 4.28. The maximum absolute atomic E-state index is 11.7. The maximum Gasteiger partial charge on any atom is 0.249 e. The summed E-state index contributed by atoms with van der Waals surface area (Å²) in [5.74, 6) is -0.662. The van der Waals surface area contributed by atoms with Crippen LogP contribution >= 0.6 is 0 Å². The number of carbonyl (C=O) groups is 2.